The van der Waals surface area contributed by atoms with E-state index in [-0.39, 0.29) is 0 Å². The maximum atomic E-state index is 10.6. The van der Waals surface area contributed by atoms with Gasteiger partial charge in [0.15, 0.2) is 0 Å². The fourth-order valence-electron chi connectivity index (χ4n) is 1.79. The first kappa shape index (κ1) is 12.5. The first-order valence-electron chi connectivity index (χ1n) is 5.98. The van der Waals surface area contributed by atoms with E-state index < -0.39 is 5.60 Å². The Bertz CT molecular complexity index is 530. The van der Waals surface area contributed by atoms with Crippen molar-refractivity contribution in [1.82, 2.24) is 4.98 Å². The smallest absolute Gasteiger partial charge is 0.125 e. The lowest BCUT2D eigenvalue weighted by Gasteiger charge is -2.23. The highest BCUT2D eigenvalue weighted by molar-refractivity contribution is 5.54. The second-order valence-electron chi connectivity index (χ2n) is 4.53. The Morgan fingerprint density at radius 1 is 1.11 bits per heavy atom. The summed E-state index contributed by atoms with van der Waals surface area (Å²) in [4.78, 5) is 4.22. The molecular formula is C16H17NO. The van der Waals surface area contributed by atoms with Gasteiger partial charge in [0, 0.05) is 6.20 Å². The molecule has 2 nitrogen and oxygen atoms in total. The standard InChI is InChI=1S/C16H17NO/c1-13(12-14-8-4-3-5-9-14)16(2,18)15-10-6-7-11-17-15/h3-12,18H,1-2H3/b13-12+. The lowest BCUT2D eigenvalue weighted by molar-refractivity contribution is 0.0939. The van der Waals surface area contributed by atoms with E-state index in [1.165, 1.54) is 0 Å². The third kappa shape index (κ3) is 2.66. The number of hydrogen-bond donors (Lipinski definition) is 1. The minimum absolute atomic E-state index is 0.662. The molecule has 2 aromatic rings. The second-order valence-corrected chi connectivity index (χ2v) is 4.53. The molecule has 0 aliphatic rings. The minimum atomic E-state index is -1.04. The van der Waals surface area contributed by atoms with Crippen molar-refractivity contribution in [2.24, 2.45) is 0 Å². The zero-order valence-electron chi connectivity index (χ0n) is 10.7. The summed E-state index contributed by atoms with van der Waals surface area (Å²) < 4.78 is 0. The summed E-state index contributed by atoms with van der Waals surface area (Å²) in [6.45, 7) is 3.69. The Morgan fingerprint density at radius 2 is 1.78 bits per heavy atom. The summed E-state index contributed by atoms with van der Waals surface area (Å²) in [6.07, 6.45) is 3.67. The van der Waals surface area contributed by atoms with Crippen LogP contribution in [0.5, 0.6) is 0 Å². The van der Waals surface area contributed by atoms with E-state index in [4.69, 9.17) is 0 Å². The molecule has 1 aromatic heterocycles. The number of pyridine rings is 1. The van der Waals surface area contributed by atoms with Crippen LogP contribution in [0.25, 0.3) is 6.08 Å². The van der Waals surface area contributed by atoms with Gasteiger partial charge in [-0.3, -0.25) is 4.98 Å². The predicted molar refractivity (Wildman–Crippen MR) is 73.9 cm³/mol. The Balaban J connectivity index is 2.33. The highest BCUT2D eigenvalue weighted by Gasteiger charge is 2.26. The number of rotatable bonds is 3. The molecule has 0 aliphatic heterocycles. The van der Waals surface area contributed by atoms with Gasteiger partial charge in [-0.05, 0) is 37.1 Å². The topological polar surface area (TPSA) is 33.1 Å². The van der Waals surface area contributed by atoms with E-state index in [0.29, 0.717) is 5.69 Å². The van der Waals surface area contributed by atoms with Gasteiger partial charge in [0.2, 0.25) is 0 Å². The first-order valence-corrected chi connectivity index (χ1v) is 5.98. The lowest BCUT2D eigenvalue weighted by atomic mass is 9.91. The molecule has 0 radical (unpaired) electrons. The maximum absolute atomic E-state index is 10.6. The fraction of sp³-hybridized carbons (Fsp3) is 0.188. The normalized spacial score (nSPS) is 15.2. The molecule has 2 rings (SSSR count). The van der Waals surface area contributed by atoms with Gasteiger partial charge in [0.05, 0.1) is 5.69 Å². The molecule has 0 aliphatic carbocycles. The summed E-state index contributed by atoms with van der Waals surface area (Å²) >= 11 is 0. The SMILES string of the molecule is C/C(=C\c1ccccc1)C(C)(O)c1ccccn1. The summed E-state index contributed by atoms with van der Waals surface area (Å²) in [5.74, 6) is 0. The first-order chi connectivity index (χ1) is 8.60. The number of aliphatic hydroxyl groups is 1. The molecule has 18 heavy (non-hydrogen) atoms. The molecule has 1 atom stereocenters. The summed E-state index contributed by atoms with van der Waals surface area (Å²) in [5.41, 5.74) is 1.56. The molecule has 0 amide bonds. The van der Waals surface area contributed by atoms with Crippen LogP contribution >= 0.6 is 0 Å². The Labute approximate surface area is 108 Å². The van der Waals surface area contributed by atoms with Crippen LogP contribution in [0.2, 0.25) is 0 Å². The van der Waals surface area contributed by atoms with Gasteiger partial charge < -0.3 is 5.11 Å². The van der Waals surface area contributed by atoms with E-state index in [1.807, 2.05) is 61.5 Å². The highest BCUT2D eigenvalue weighted by atomic mass is 16.3. The third-order valence-corrected chi connectivity index (χ3v) is 3.11. The van der Waals surface area contributed by atoms with Crippen molar-refractivity contribution < 1.29 is 5.11 Å². The molecule has 0 bridgehead atoms. The number of aromatic nitrogens is 1. The van der Waals surface area contributed by atoms with Crippen molar-refractivity contribution in [3.05, 3.63) is 71.6 Å². The molecular weight excluding hydrogens is 222 g/mol. The van der Waals surface area contributed by atoms with E-state index in [0.717, 1.165) is 11.1 Å². The Hall–Kier alpha value is -1.93. The zero-order chi connectivity index (χ0) is 13.0. The van der Waals surface area contributed by atoms with Crippen LogP contribution in [-0.2, 0) is 5.60 Å². The van der Waals surface area contributed by atoms with E-state index in [9.17, 15) is 5.11 Å². The Morgan fingerprint density at radius 3 is 2.39 bits per heavy atom. The maximum Gasteiger partial charge on any atom is 0.125 e. The zero-order valence-corrected chi connectivity index (χ0v) is 10.7. The summed E-state index contributed by atoms with van der Waals surface area (Å²) in [6, 6.07) is 15.5. The Kier molecular flexibility index (Phi) is 3.58. The van der Waals surface area contributed by atoms with Gasteiger partial charge >= 0.3 is 0 Å². The number of nitrogens with zero attached hydrogens (tertiary/aromatic N) is 1. The molecule has 0 spiro atoms. The van der Waals surface area contributed by atoms with Crippen LogP contribution in [0.15, 0.2) is 60.3 Å². The molecule has 1 N–H and O–H groups in total. The van der Waals surface area contributed by atoms with Crippen LogP contribution < -0.4 is 0 Å². The molecule has 0 saturated carbocycles. The van der Waals surface area contributed by atoms with Gasteiger partial charge in [-0.25, -0.2) is 0 Å². The van der Waals surface area contributed by atoms with Gasteiger partial charge in [-0.1, -0.05) is 42.5 Å². The van der Waals surface area contributed by atoms with Crippen LogP contribution in [0, 0.1) is 0 Å². The largest absolute Gasteiger partial charge is 0.379 e. The summed E-state index contributed by atoms with van der Waals surface area (Å²) in [7, 11) is 0. The van der Waals surface area contributed by atoms with Crippen LogP contribution in [0.4, 0.5) is 0 Å². The van der Waals surface area contributed by atoms with Crippen molar-refractivity contribution >= 4 is 6.08 Å². The quantitative estimate of drug-likeness (QED) is 0.890. The third-order valence-electron chi connectivity index (χ3n) is 3.11. The van der Waals surface area contributed by atoms with Crippen LogP contribution in [0.1, 0.15) is 25.1 Å². The minimum Gasteiger partial charge on any atom is -0.379 e. The van der Waals surface area contributed by atoms with E-state index >= 15 is 0 Å². The van der Waals surface area contributed by atoms with Gasteiger partial charge in [0.1, 0.15) is 5.60 Å². The van der Waals surface area contributed by atoms with Crippen LogP contribution in [-0.4, -0.2) is 10.1 Å². The van der Waals surface area contributed by atoms with Gasteiger partial charge in [-0.2, -0.15) is 0 Å². The summed E-state index contributed by atoms with van der Waals surface area (Å²) in [5, 5.41) is 10.6. The van der Waals surface area contributed by atoms with E-state index in [2.05, 4.69) is 4.98 Å². The molecule has 0 fully saturated rings. The van der Waals surface area contributed by atoms with Crippen LogP contribution in [0.3, 0.4) is 0 Å². The van der Waals surface area contributed by atoms with Gasteiger partial charge in [0.25, 0.3) is 0 Å². The van der Waals surface area contributed by atoms with Crippen molar-refractivity contribution in [2.45, 2.75) is 19.4 Å². The molecule has 1 aromatic carbocycles. The lowest BCUT2D eigenvalue weighted by Crippen LogP contribution is -2.23. The molecule has 2 heteroatoms. The molecule has 92 valence electrons. The van der Waals surface area contributed by atoms with Crippen molar-refractivity contribution in [2.75, 3.05) is 0 Å². The monoisotopic (exact) mass is 239 g/mol. The predicted octanol–water partition coefficient (Wildman–Crippen LogP) is 3.39. The molecule has 0 saturated heterocycles. The number of hydrogen-bond acceptors (Lipinski definition) is 2. The molecule has 1 heterocycles. The highest BCUT2D eigenvalue weighted by Crippen LogP contribution is 2.28. The van der Waals surface area contributed by atoms with Crippen molar-refractivity contribution in [3.63, 3.8) is 0 Å². The molecule has 1 unspecified atom stereocenters. The fourth-order valence-corrected chi connectivity index (χ4v) is 1.79. The van der Waals surface area contributed by atoms with Crippen molar-refractivity contribution in [3.8, 4) is 0 Å². The van der Waals surface area contributed by atoms with Gasteiger partial charge in [-0.15, -0.1) is 0 Å². The van der Waals surface area contributed by atoms with E-state index in [1.54, 1.807) is 13.1 Å². The average molecular weight is 239 g/mol. The average Bonchev–Trinajstić information content (AvgIpc) is 2.41. The number of benzene rings is 1. The van der Waals surface area contributed by atoms with Crippen molar-refractivity contribution in [1.29, 1.82) is 0 Å². The second kappa shape index (κ2) is 5.15.